The minimum atomic E-state index is -0.462. The normalized spacial score (nSPS) is 11.0. The number of rotatable bonds is 33. The second-order valence-electron chi connectivity index (χ2n) is 8.94. The number of hydrogen-bond donors (Lipinski definition) is 1. The van der Waals surface area contributed by atoms with Crippen LogP contribution in [0.25, 0.3) is 0 Å². The molecule has 0 atom stereocenters. The number of esters is 1. The summed E-state index contributed by atoms with van der Waals surface area (Å²) in [5.74, 6) is 0.139. The van der Waals surface area contributed by atoms with Gasteiger partial charge in [-0.2, -0.15) is 0 Å². The summed E-state index contributed by atoms with van der Waals surface area (Å²) in [6.45, 7) is 13.8. The summed E-state index contributed by atoms with van der Waals surface area (Å²) in [7, 11) is 0. The zero-order valence-electron chi connectivity index (χ0n) is 26.5. The smallest absolute Gasteiger partial charge is 0.330 e. The maximum Gasteiger partial charge on any atom is 0.330 e. The molecule has 1 aromatic rings. The Morgan fingerprint density at radius 1 is 0.533 bits per heavy atom. The zero-order chi connectivity index (χ0) is 32.5. The Labute approximate surface area is 266 Å². The number of ether oxygens (including phenoxy) is 11. The lowest BCUT2D eigenvalue weighted by Crippen LogP contribution is -2.15. The fraction of sp³-hybridized carbons (Fsp3) is 0.677. The molecular formula is C31H51NO13. The highest BCUT2D eigenvalue weighted by Gasteiger charge is 1.99. The molecule has 14 nitrogen and oxygen atoms in total. The van der Waals surface area contributed by atoms with Crippen molar-refractivity contribution >= 4 is 17.6 Å². The van der Waals surface area contributed by atoms with Crippen molar-refractivity contribution in [3.05, 3.63) is 36.9 Å². The number of hydrogen-bond acceptors (Lipinski definition) is 13. The van der Waals surface area contributed by atoms with Crippen LogP contribution in [0.4, 0.5) is 5.69 Å². The van der Waals surface area contributed by atoms with Crippen LogP contribution in [0.15, 0.2) is 36.9 Å². The molecule has 0 aliphatic carbocycles. The van der Waals surface area contributed by atoms with Crippen molar-refractivity contribution in [1.82, 2.24) is 0 Å². The predicted molar refractivity (Wildman–Crippen MR) is 165 cm³/mol. The number of carbonyl (C=O) groups excluding carboxylic acids is 2. The summed E-state index contributed by atoms with van der Waals surface area (Å²) < 4.78 is 59.2. The molecule has 0 unspecified atom stereocenters. The minimum Gasteiger partial charge on any atom is -0.491 e. The third kappa shape index (κ3) is 28.5. The molecule has 0 spiro atoms. The number of amides is 1. The molecule has 14 heteroatoms. The average Bonchev–Trinajstić information content (AvgIpc) is 3.04. The van der Waals surface area contributed by atoms with E-state index in [0.29, 0.717) is 131 Å². The lowest BCUT2D eigenvalue weighted by atomic mass is 10.3. The van der Waals surface area contributed by atoms with Gasteiger partial charge in [0.05, 0.1) is 119 Å². The molecule has 0 bridgehead atoms. The molecule has 45 heavy (non-hydrogen) atoms. The van der Waals surface area contributed by atoms with E-state index < -0.39 is 5.97 Å². The van der Waals surface area contributed by atoms with Crippen LogP contribution in [0.2, 0.25) is 0 Å². The largest absolute Gasteiger partial charge is 0.491 e. The summed E-state index contributed by atoms with van der Waals surface area (Å²) in [5, 5.41) is 2.71. The number of anilines is 1. The molecule has 1 aromatic carbocycles. The molecule has 258 valence electrons. The van der Waals surface area contributed by atoms with Gasteiger partial charge in [0.2, 0.25) is 5.91 Å². The van der Waals surface area contributed by atoms with Crippen LogP contribution in [0.3, 0.4) is 0 Å². The molecule has 0 aromatic heterocycles. The summed E-state index contributed by atoms with van der Waals surface area (Å²) in [4.78, 5) is 21.9. The van der Waals surface area contributed by atoms with Gasteiger partial charge in [-0.15, -0.1) is 0 Å². The first-order valence-electron chi connectivity index (χ1n) is 15.1. The van der Waals surface area contributed by atoms with Crippen molar-refractivity contribution in [1.29, 1.82) is 0 Å². The molecular weight excluding hydrogens is 594 g/mol. The first-order valence-corrected chi connectivity index (χ1v) is 15.1. The van der Waals surface area contributed by atoms with Gasteiger partial charge in [-0.05, 0) is 24.3 Å². The Kier molecular flexibility index (Phi) is 28.1. The van der Waals surface area contributed by atoms with Crippen LogP contribution >= 0.6 is 0 Å². The molecule has 1 N–H and O–H groups in total. The first-order chi connectivity index (χ1) is 22.1. The third-order valence-electron chi connectivity index (χ3n) is 5.29. The quantitative estimate of drug-likeness (QED) is 0.0675. The van der Waals surface area contributed by atoms with Gasteiger partial charge in [-0.1, -0.05) is 6.58 Å². The molecule has 0 saturated heterocycles. The van der Waals surface area contributed by atoms with E-state index in [2.05, 4.69) is 11.9 Å². The Morgan fingerprint density at radius 2 is 0.844 bits per heavy atom. The first kappa shape index (κ1) is 40.4. The van der Waals surface area contributed by atoms with Crippen molar-refractivity contribution in [3.8, 4) is 5.75 Å². The van der Waals surface area contributed by atoms with E-state index in [1.54, 1.807) is 24.3 Å². The van der Waals surface area contributed by atoms with E-state index in [9.17, 15) is 9.59 Å². The van der Waals surface area contributed by atoms with Gasteiger partial charge in [-0.3, -0.25) is 4.79 Å². The van der Waals surface area contributed by atoms with E-state index in [0.717, 1.165) is 11.8 Å². The van der Waals surface area contributed by atoms with Gasteiger partial charge < -0.3 is 57.4 Å². The second-order valence-corrected chi connectivity index (χ2v) is 8.94. The van der Waals surface area contributed by atoms with E-state index >= 15 is 0 Å². The summed E-state index contributed by atoms with van der Waals surface area (Å²) >= 11 is 0. The van der Waals surface area contributed by atoms with Gasteiger partial charge in [-0.25, -0.2) is 4.79 Å². The van der Waals surface area contributed by atoms with E-state index in [1.165, 1.54) is 6.92 Å². The van der Waals surface area contributed by atoms with Gasteiger partial charge in [0, 0.05) is 18.7 Å². The fourth-order valence-corrected chi connectivity index (χ4v) is 3.18. The molecule has 0 saturated carbocycles. The minimum absolute atomic E-state index is 0.111. The molecule has 0 aliphatic heterocycles. The van der Waals surface area contributed by atoms with E-state index in [-0.39, 0.29) is 12.5 Å². The number of carbonyl (C=O) groups is 2. The van der Waals surface area contributed by atoms with Crippen LogP contribution in [0.5, 0.6) is 5.75 Å². The molecule has 1 rings (SSSR count). The molecule has 0 radical (unpaired) electrons. The summed E-state index contributed by atoms with van der Waals surface area (Å²) in [5.41, 5.74) is 0.728. The Balaban J connectivity index is 1.67. The zero-order valence-corrected chi connectivity index (χ0v) is 26.5. The molecule has 1 amide bonds. The fourth-order valence-electron chi connectivity index (χ4n) is 3.18. The SMILES string of the molecule is C=CC(=O)OCCOCCOCCOCCOCCOCCOCCOCCOCCOCCOc1ccc(NC(C)=O)cc1. The third-order valence-corrected chi connectivity index (χ3v) is 5.29. The van der Waals surface area contributed by atoms with Gasteiger partial charge in [0.15, 0.2) is 0 Å². The predicted octanol–water partition coefficient (Wildman–Crippen LogP) is 1.90. The Morgan fingerprint density at radius 3 is 1.16 bits per heavy atom. The van der Waals surface area contributed by atoms with Gasteiger partial charge in [0.1, 0.15) is 19.0 Å². The van der Waals surface area contributed by atoms with Gasteiger partial charge >= 0.3 is 5.97 Å². The van der Waals surface area contributed by atoms with Crippen LogP contribution in [-0.2, 0) is 57.0 Å². The maximum atomic E-state index is 11.0. The standard InChI is InChI=1S/C31H51NO13/c1-3-31(34)45-27-25-43-23-21-41-19-17-39-15-13-37-11-9-35-8-10-36-12-14-38-16-18-40-20-22-42-24-26-44-30-6-4-29(5-7-30)32-28(2)33/h3-7H,1,8-27H2,2H3,(H,32,33). The summed E-state index contributed by atoms with van der Waals surface area (Å²) in [6.07, 6.45) is 1.11. The topological polar surface area (TPSA) is 148 Å². The Hall–Kier alpha value is -2.66. The monoisotopic (exact) mass is 645 g/mol. The van der Waals surface area contributed by atoms with Crippen molar-refractivity contribution in [3.63, 3.8) is 0 Å². The lowest BCUT2D eigenvalue weighted by molar-refractivity contribution is -0.139. The van der Waals surface area contributed by atoms with Crippen molar-refractivity contribution in [2.24, 2.45) is 0 Å². The highest BCUT2D eigenvalue weighted by molar-refractivity contribution is 5.88. The van der Waals surface area contributed by atoms with Crippen molar-refractivity contribution in [2.45, 2.75) is 6.92 Å². The second kappa shape index (κ2) is 31.3. The van der Waals surface area contributed by atoms with Crippen LogP contribution < -0.4 is 10.1 Å². The summed E-state index contributed by atoms with van der Waals surface area (Å²) in [6, 6.07) is 7.16. The molecule has 0 heterocycles. The maximum absolute atomic E-state index is 11.0. The van der Waals surface area contributed by atoms with Crippen molar-refractivity contribution in [2.75, 3.05) is 137 Å². The van der Waals surface area contributed by atoms with Crippen molar-refractivity contribution < 1.29 is 61.7 Å². The Bertz CT molecular complexity index is 841. The highest BCUT2D eigenvalue weighted by atomic mass is 16.6. The van der Waals surface area contributed by atoms with E-state index in [4.69, 9.17) is 52.1 Å². The van der Waals surface area contributed by atoms with Crippen LogP contribution in [-0.4, -0.2) is 144 Å². The van der Waals surface area contributed by atoms with Gasteiger partial charge in [0.25, 0.3) is 0 Å². The molecule has 0 aliphatic rings. The van der Waals surface area contributed by atoms with E-state index in [1.807, 2.05) is 0 Å². The lowest BCUT2D eigenvalue weighted by Gasteiger charge is -2.09. The average molecular weight is 646 g/mol. The molecule has 0 fully saturated rings. The van der Waals surface area contributed by atoms with Crippen LogP contribution in [0.1, 0.15) is 6.92 Å². The number of nitrogens with one attached hydrogen (secondary N) is 1. The highest BCUT2D eigenvalue weighted by Crippen LogP contribution is 2.15. The number of benzene rings is 1. The van der Waals surface area contributed by atoms with Crippen LogP contribution in [0, 0.1) is 0 Å².